The lowest BCUT2D eigenvalue weighted by molar-refractivity contribution is 0.0574. The van der Waals surface area contributed by atoms with Crippen molar-refractivity contribution in [1.82, 2.24) is 0 Å². The van der Waals surface area contributed by atoms with Crippen molar-refractivity contribution in [3.63, 3.8) is 0 Å². The maximum absolute atomic E-state index is 6.16. The molecule has 0 aromatic heterocycles. The van der Waals surface area contributed by atoms with E-state index in [4.69, 9.17) is 15.2 Å². The average Bonchev–Trinajstić information content (AvgIpc) is 3.12. The van der Waals surface area contributed by atoms with Gasteiger partial charge in [0.1, 0.15) is 5.75 Å². The van der Waals surface area contributed by atoms with Crippen LogP contribution in [0.25, 0.3) is 0 Å². The standard InChI is InChI=1S/C14H21NO2/c1-3-16-10(2)14(15)11-5-4-6-13(9-11)17-12-7-8-12/h4-6,9-10,12,14H,3,7-8,15H2,1-2H3. The topological polar surface area (TPSA) is 44.5 Å². The molecule has 3 heteroatoms. The highest BCUT2D eigenvalue weighted by Gasteiger charge is 2.24. The van der Waals surface area contributed by atoms with Gasteiger partial charge in [-0.05, 0) is 44.4 Å². The summed E-state index contributed by atoms with van der Waals surface area (Å²) in [7, 11) is 0. The van der Waals surface area contributed by atoms with Crippen molar-refractivity contribution in [2.45, 2.75) is 44.9 Å². The Balaban J connectivity index is 2.03. The highest BCUT2D eigenvalue weighted by atomic mass is 16.5. The minimum absolute atomic E-state index is 0.0242. The molecule has 0 heterocycles. The van der Waals surface area contributed by atoms with E-state index in [2.05, 4.69) is 0 Å². The van der Waals surface area contributed by atoms with E-state index >= 15 is 0 Å². The van der Waals surface area contributed by atoms with E-state index in [1.807, 2.05) is 38.1 Å². The molecule has 17 heavy (non-hydrogen) atoms. The molecule has 94 valence electrons. The zero-order valence-corrected chi connectivity index (χ0v) is 10.6. The smallest absolute Gasteiger partial charge is 0.120 e. The zero-order valence-electron chi connectivity index (χ0n) is 10.6. The number of hydrogen-bond acceptors (Lipinski definition) is 3. The molecule has 0 radical (unpaired) electrons. The van der Waals surface area contributed by atoms with Crippen LogP contribution in [0.2, 0.25) is 0 Å². The molecule has 0 amide bonds. The Kier molecular flexibility index (Phi) is 4.02. The van der Waals surface area contributed by atoms with E-state index in [0.717, 1.165) is 11.3 Å². The monoisotopic (exact) mass is 235 g/mol. The second-order valence-corrected chi connectivity index (χ2v) is 4.58. The van der Waals surface area contributed by atoms with Crippen molar-refractivity contribution in [3.8, 4) is 5.75 Å². The predicted octanol–water partition coefficient (Wildman–Crippen LogP) is 2.65. The van der Waals surface area contributed by atoms with Gasteiger partial charge in [-0.2, -0.15) is 0 Å². The first-order valence-electron chi connectivity index (χ1n) is 6.34. The second kappa shape index (κ2) is 5.52. The fourth-order valence-corrected chi connectivity index (χ4v) is 1.81. The largest absolute Gasteiger partial charge is 0.490 e. The highest BCUT2D eigenvalue weighted by Crippen LogP contribution is 2.28. The summed E-state index contributed by atoms with van der Waals surface area (Å²) in [4.78, 5) is 0. The van der Waals surface area contributed by atoms with Crippen LogP contribution in [0.15, 0.2) is 24.3 Å². The Labute approximate surface area is 103 Å². The zero-order chi connectivity index (χ0) is 12.3. The number of ether oxygens (including phenoxy) is 2. The van der Waals surface area contributed by atoms with Crippen LogP contribution in [0, 0.1) is 0 Å². The van der Waals surface area contributed by atoms with Gasteiger partial charge < -0.3 is 15.2 Å². The van der Waals surface area contributed by atoms with Crippen molar-refractivity contribution in [1.29, 1.82) is 0 Å². The predicted molar refractivity (Wildman–Crippen MR) is 68.1 cm³/mol. The molecule has 0 saturated heterocycles. The molecule has 1 aliphatic rings. The van der Waals surface area contributed by atoms with Crippen LogP contribution in [0.4, 0.5) is 0 Å². The van der Waals surface area contributed by atoms with Crippen molar-refractivity contribution in [2.75, 3.05) is 6.61 Å². The molecular formula is C14H21NO2. The van der Waals surface area contributed by atoms with Gasteiger partial charge in [0.2, 0.25) is 0 Å². The van der Waals surface area contributed by atoms with E-state index < -0.39 is 0 Å². The Morgan fingerprint density at radius 1 is 1.41 bits per heavy atom. The number of rotatable bonds is 6. The van der Waals surface area contributed by atoms with E-state index in [0.29, 0.717) is 12.7 Å². The maximum Gasteiger partial charge on any atom is 0.120 e. The van der Waals surface area contributed by atoms with Crippen LogP contribution in [0.3, 0.4) is 0 Å². The lowest BCUT2D eigenvalue weighted by atomic mass is 10.0. The van der Waals surface area contributed by atoms with E-state index in [1.165, 1.54) is 12.8 Å². The molecule has 2 N–H and O–H groups in total. The molecule has 1 fully saturated rings. The van der Waals surface area contributed by atoms with Gasteiger partial charge in [-0.3, -0.25) is 0 Å². The summed E-state index contributed by atoms with van der Waals surface area (Å²) in [5.41, 5.74) is 7.23. The van der Waals surface area contributed by atoms with Crippen LogP contribution < -0.4 is 10.5 Å². The van der Waals surface area contributed by atoms with Gasteiger partial charge in [-0.1, -0.05) is 12.1 Å². The number of benzene rings is 1. The van der Waals surface area contributed by atoms with E-state index in [-0.39, 0.29) is 12.1 Å². The first-order valence-corrected chi connectivity index (χ1v) is 6.34. The third kappa shape index (κ3) is 3.45. The molecule has 1 aromatic rings. The molecule has 1 aliphatic carbocycles. The second-order valence-electron chi connectivity index (χ2n) is 4.58. The Morgan fingerprint density at radius 2 is 2.18 bits per heavy atom. The molecule has 0 bridgehead atoms. The Bertz CT molecular complexity index is 363. The normalized spacial score (nSPS) is 18.8. The minimum atomic E-state index is -0.0993. The molecule has 0 spiro atoms. The first-order chi connectivity index (χ1) is 8.20. The van der Waals surface area contributed by atoms with Crippen LogP contribution in [-0.4, -0.2) is 18.8 Å². The first kappa shape index (κ1) is 12.4. The van der Waals surface area contributed by atoms with Gasteiger partial charge in [-0.15, -0.1) is 0 Å². The molecule has 2 unspecified atom stereocenters. The summed E-state index contributed by atoms with van der Waals surface area (Å²) in [6.45, 7) is 4.67. The molecule has 0 aliphatic heterocycles. The molecule has 1 saturated carbocycles. The fraction of sp³-hybridized carbons (Fsp3) is 0.571. The quantitative estimate of drug-likeness (QED) is 0.824. The SMILES string of the molecule is CCOC(C)C(N)c1cccc(OC2CC2)c1. The molecular weight excluding hydrogens is 214 g/mol. The van der Waals surface area contributed by atoms with Crippen LogP contribution in [0.5, 0.6) is 5.75 Å². The average molecular weight is 235 g/mol. The Hall–Kier alpha value is -1.06. The minimum Gasteiger partial charge on any atom is -0.490 e. The molecule has 3 nitrogen and oxygen atoms in total. The third-order valence-corrected chi connectivity index (χ3v) is 3.01. The van der Waals surface area contributed by atoms with Crippen LogP contribution in [0.1, 0.15) is 38.3 Å². The van der Waals surface area contributed by atoms with Gasteiger partial charge in [-0.25, -0.2) is 0 Å². The van der Waals surface area contributed by atoms with E-state index in [1.54, 1.807) is 0 Å². The van der Waals surface area contributed by atoms with Crippen LogP contribution >= 0.6 is 0 Å². The fourth-order valence-electron chi connectivity index (χ4n) is 1.81. The third-order valence-electron chi connectivity index (χ3n) is 3.01. The van der Waals surface area contributed by atoms with Gasteiger partial charge in [0.05, 0.1) is 18.2 Å². The summed E-state index contributed by atoms with van der Waals surface area (Å²) in [6, 6.07) is 7.93. The maximum atomic E-state index is 6.16. The molecule has 2 atom stereocenters. The summed E-state index contributed by atoms with van der Waals surface area (Å²) in [5, 5.41) is 0. The lowest BCUT2D eigenvalue weighted by Crippen LogP contribution is -2.26. The summed E-state index contributed by atoms with van der Waals surface area (Å²) in [6.07, 6.45) is 2.79. The van der Waals surface area contributed by atoms with Crippen molar-refractivity contribution >= 4 is 0 Å². The summed E-state index contributed by atoms with van der Waals surface area (Å²) >= 11 is 0. The number of nitrogens with two attached hydrogens (primary N) is 1. The summed E-state index contributed by atoms with van der Waals surface area (Å²) < 4.78 is 11.3. The highest BCUT2D eigenvalue weighted by molar-refractivity contribution is 5.31. The number of hydrogen-bond donors (Lipinski definition) is 1. The van der Waals surface area contributed by atoms with Gasteiger partial charge in [0, 0.05) is 6.61 Å². The van der Waals surface area contributed by atoms with E-state index in [9.17, 15) is 0 Å². The molecule has 2 rings (SSSR count). The summed E-state index contributed by atoms with van der Waals surface area (Å²) in [5.74, 6) is 0.921. The van der Waals surface area contributed by atoms with Crippen LogP contribution in [-0.2, 0) is 4.74 Å². The van der Waals surface area contributed by atoms with Crippen molar-refractivity contribution < 1.29 is 9.47 Å². The van der Waals surface area contributed by atoms with Gasteiger partial charge in [0.15, 0.2) is 0 Å². The van der Waals surface area contributed by atoms with Gasteiger partial charge in [0.25, 0.3) is 0 Å². The van der Waals surface area contributed by atoms with Crippen molar-refractivity contribution in [3.05, 3.63) is 29.8 Å². The Morgan fingerprint density at radius 3 is 2.82 bits per heavy atom. The van der Waals surface area contributed by atoms with Crippen molar-refractivity contribution in [2.24, 2.45) is 5.73 Å². The van der Waals surface area contributed by atoms with Gasteiger partial charge >= 0.3 is 0 Å². The lowest BCUT2D eigenvalue weighted by Gasteiger charge is -2.20. The molecule has 1 aromatic carbocycles.